The van der Waals surface area contributed by atoms with Crippen LogP contribution in [-0.4, -0.2) is 6.04 Å². The van der Waals surface area contributed by atoms with Crippen molar-refractivity contribution in [3.63, 3.8) is 0 Å². The van der Waals surface area contributed by atoms with Gasteiger partial charge in [-0.3, -0.25) is 5.09 Å². The molecule has 0 radical (unpaired) electrons. The Bertz CT molecular complexity index is 614. The fraction of sp³-hybridized carbons (Fsp3) is 0.200. The van der Waals surface area contributed by atoms with Gasteiger partial charge in [-0.05, 0) is 44.4 Å². The highest BCUT2D eigenvalue weighted by Crippen LogP contribution is 2.47. The summed E-state index contributed by atoms with van der Waals surface area (Å²) in [5.74, 6) is 0. The van der Waals surface area contributed by atoms with Crippen molar-refractivity contribution in [2.24, 2.45) is 0 Å². The van der Waals surface area contributed by atoms with Gasteiger partial charge in [0.05, 0.1) is 0 Å². The largest absolute Gasteiger partial charge is 0.271 e. The molecule has 17 heavy (non-hydrogen) atoms. The van der Waals surface area contributed by atoms with Gasteiger partial charge in [0.25, 0.3) is 0 Å². The van der Waals surface area contributed by atoms with Gasteiger partial charge in [0.2, 0.25) is 0 Å². The van der Waals surface area contributed by atoms with Gasteiger partial charge >= 0.3 is 0 Å². The third-order valence-corrected chi connectivity index (χ3v) is 5.49. The number of nitrogens with one attached hydrogen (secondary N) is 1. The second-order valence-electron chi connectivity index (χ2n) is 4.65. The Labute approximate surface area is 103 Å². The van der Waals surface area contributed by atoms with Crippen LogP contribution in [0.15, 0.2) is 48.5 Å². The average Bonchev–Trinajstić information content (AvgIpc) is 2.65. The van der Waals surface area contributed by atoms with Gasteiger partial charge in [0.15, 0.2) is 0 Å². The molecule has 0 aliphatic heterocycles. The molecule has 2 aromatic carbocycles. The Balaban J connectivity index is 2.41. The van der Waals surface area contributed by atoms with Crippen molar-refractivity contribution in [1.29, 1.82) is 0 Å². The lowest BCUT2D eigenvalue weighted by Crippen LogP contribution is -2.05. The predicted octanol–water partition coefficient (Wildman–Crippen LogP) is 4.93. The van der Waals surface area contributed by atoms with Crippen LogP contribution in [0.3, 0.4) is 0 Å². The lowest BCUT2D eigenvalue weighted by Gasteiger charge is -2.08. The van der Waals surface area contributed by atoms with Crippen molar-refractivity contribution >= 4 is 28.7 Å². The molecule has 3 rings (SSSR count). The molecule has 0 aliphatic carbocycles. The zero-order valence-corrected chi connectivity index (χ0v) is 11.0. The number of fused-ring (bicyclic) bond motifs is 3. The van der Waals surface area contributed by atoms with Gasteiger partial charge in [0.1, 0.15) is 0 Å². The van der Waals surface area contributed by atoms with Crippen LogP contribution in [0.1, 0.15) is 13.8 Å². The van der Waals surface area contributed by atoms with Gasteiger partial charge in [-0.2, -0.15) is 0 Å². The van der Waals surface area contributed by atoms with Crippen LogP contribution >= 0.6 is 7.68 Å². The summed E-state index contributed by atoms with van der Waals surface area (Å²) in [5.41, 5.74) is 0. The Kier molecular flexibility index (Phi) is 2.66. The summed E-state index contributed by atoms with van der Waals surface area (Å²) in [6.45, 7) is 4.43. The van der Waals surface area contributed by atoms with Crippen LogP contribution in [0.2, 0.25) is 0 Å². The van der Waals surface area contributed by atoms with E-state index in [2.05, 4.69) is 67.5 Å². The van der Waals surface area contributed by atoms with E-state index in [9.17, 15) is 0 Å². The van der Waals surface area contributed by atoms with E-state index in [0.29, 0.717) is 6.04 Å². The Morgan fingerprint density at radius 3 is 1.76 bits per heavy atom. The minimum absolute atomic E-state index is 0.366. The van der Waals surface area contributed by atoms with Crippen molar-refractivity contribution in [2.75, 3.05) is 5.09 Å². The number of benzene rings is 2. The summed E-state index contributed by atoms with van der Waals surface area (Å²) < 4.78 is 0. The fourth-order valence-electron chi connectivity index (χ4n) is 2.32. The third kappa shape index (κ3) is 1.76. The molecule has 0 saturated carbocycles. The Morgan fingerprint density at radius 2 is 1.29 bits per heavy atom. The molecular formula is C15H16NP. The highest BCUT2D eigenvalue weighted by Gasteiger charge is 2.10. The molecule has 0 atom stereocenters. The fourth-order valence-corrected chi connectivity index (χ4v) is 4.72. The highest BCUT2D eigenvalue weighted by molar-refractivity contribution is 7.62. The van der Waals surface area contributed by atoms with Crippen LogP contribution < -0.4 is 5.09 Å². The molecule has 86 valence electrons. The summed E-state index contributed by atoms with van der Waals surface area (Å²) >= 11 is 0. The van der Waals surface area contributed by atoms with Gasteiger partial charge in [0, 0.05) is 16.3 Å². The quantitative estimate of drug-likeness (QED) is 0.670. The van der Waals surface area contributed by atoms with Gasteiger partial charge in [-0.1, -0.05) is 36.4 Å². The zero-order valence-electron chi connectivity index (χ0n) is 10.1. The number of rotatable bonds is 2. The Hall–Kier alpha value is -1.30. The van der Waals surface area contributed by atoms with Crippen LogP contribution in [0.25, 0.3) is 21.0 Å². The summed E-state index contributed by atoms with van der Waals surface area (Å²) in [7, 11) is -0.366. The van der Waals surface area contributed by atoms with E-state index in [1.54, 1.807) is 0 Å². The minimum atomic E-state index is -0.366. The standard InChI is InChI=1S/C15H16NP/c1-11(2)16-17-14-9-5-3-7-12(14)13-8-4-6-10-15(13)17/h3-11,16H,1-2H3. The first kappa shape index (κ1) is 10.8. The van der Waals surface area contributed by atoms with E-state index in [-0.39, 0.29) is 7.68 Å². The van der Waals surface area contributed by atoms with E-state index >= 15 is 0 Å². The van der Waals surface area contributed by atoms with Crippen molar-refractivity contribution in [3.05, 3.63) is 48.5 Å². The summed E-state index contributed by atoms with van der Waals surface area (Å²) in [4.78, 5) is 0. The molecule has 1 aromatic heterocycles. The van der Waals surface area contributed by atoms with Crippen molar-refractivity contribution in [3.8, 4) is 0 Å². The van der Waals surface area contributed by atoms with Crippen LogP contribution in [0, 0.1) is 0 Å². The third-order valence-electron chi connectivity index (χ3n) is 2.97. The van der Waals surface area contributed by atoms with Gasteiger partial charge < -0.3 is 0 Å². The van der Waals surface area contributed by atoms with E-state index in [4.69, 9.17) is 0 Å². The molecule has 0 unspecified atom stereocenters. The van der Waals surface area contributed by atoms with E-state index in [1.807, 2.05) is 0 Å². The maximum Gasteiger partial charge on any atom is 0.0165 e. The van der Waals surface area contributed by atoms with Crippen molar-refractivity contribution in [1.82, 2.24) is 0 Å². The molecular weight excluding hydrogens is 225 g/mol. The maximum absolute atomic E-state index is 3.72. The van der Waals surface area contributed by atoms with Crippen molar-refractivity contribution < 1.29 is 0 Å². The monoisotopic (exact) mass is 241 g/mol. The molecule has 0 fully saturated rings. The number of hydrogen-bond donors (Lipinski definition) is 1. The molecule has 3 aromatic rings. The maximum atomic E-state index is 3.72. The first-order valence-electron chi connectivity index (χ1n) is 6.02. The molecule has 2 heteroatoms. The molecule has 1 heterocycles. The van der Waals surface area contributed by atoms with E-state index in [0.717, 1.165) is 0 Å². The molecule has 0 saturated heterocycles. The van der Waals surface area contributed by atoms with Crippen LogP contribution in [0.5, 0.6) is 0 Å². The second kappa shape index (κ2) is 4.18. The second-order valence-corrected chi connectivity index (χ2v) is 6.55. The first-order chi connectivity index (χ1) is 8.27. The lowest BCUT2D eigenvalue weighted by atomic mass is 10.2. The molecule has 0 aliphatic rings. The van der Waals surface area contributed by atoms with E-state index < -0.39 is 0 Å². The zero-order chi connectivity index (χ0) is 11.8. The topological polar surface area (TPSA) is 12.0 Å². The summed E-state index contributed by atoms with van der Waals surface area (Å²) in [6, 6.07) is 18.0. The molecule has 0 bridgehead atoms. The predicted molar refractivity (Wildman–Crippen MR) is 78.7 cm³/mol. The van der Waals surface area contributed by atoms with Gasteiger partial charge in [-0.15, -0.1) is 0 Å². The van der Waals surface area contributed by atoms with Gasteiger partial charge in [-0.25, -0.2) is 0 Å². The summed E-state index contributed by atoms with van der Waals surface area (Å²) in [5, 5.41) is 9.47. The van der Waals surface area contributed by atoms with Crippen LogP contribution in [-0.2, 0) is 0 Å². The SMILES string of the molecule is CC(C)Np1c2ccccc2c2ccccc21. The molecule has 0 spiro atoms. The van der Waals surface area contributed by atoms with Crippen molar-refractivity contribution in [2.45, 2.75) is 19.9 Å². The summed E-state index contributed by atoms with van der Waals surface area (Å²) in [6.07, 6.45) is 0. The average molecular weight is 241 g/mol. The minimum Gasteiger partial charge on any atom is -0.271 e. The lowest BCUT2D eigenvalue weighted by molar-refractivity contribution is 0.931. The highest BCUT2D eigenvalue weighted by atomic mass is 31.1. The van der Waals surface area contributed by atoms with Crippen LogP contribution in [0.4, 0.5) is 0 Å². The molecule has 0 amide bonds. The molecule has 1 N–H and O–H groups in total. The van der Waals surface area contributed by atoms with E-state index in [1.165, 1.54) is 21.0 Å². The smallest absolute Gasteiger partial charge is 0.0165 e. The first-order valence-corrected chi connectivity index (χ1v) is 7.36. The number of hydrogen-bond acceptors (Lipinski definition) is 1. The normalized spacial score (nSPS) is 11.7. The Morgan fingerprint density at radius 1 is 0.824 bits per heavy atom. The molecule has 1 nitrogen and oxygen atoms in total.